The van der Waals surface area contributed by atoms with Crippen molar-refractivity contribution in [2.75, 3.05) is 36.1 Å². The predicted octanol–water partition coefficient (Wildman–Crippen LogP) is 1.27. The molecule has 1 N–H and O–H groups in total. The van der Waals surface area contributed by atoms with Gasteiger partial charge in [0, 0.05) is 49.3 Å². The summed E-state index contributed by atoms with van der Waals surface area (Å²) in [6.07, 6.45) is 4.68. The van der Waals surface area contributed by atoms with Gasteiger partial charge >= 0.3 is 0 Å². The van der Waals surface area contributed by atoms with Crippen LogP contribution in [0.4, 0.5) is 11.4 Å². The van der Waals surface area contributed by atoms with Gasteiger partial charge in [-0.2, -0.15) is 5.10 Å². The zero-order valence-electron chi connectivity index (χ0n) is 14.3. The molecule has 0 spiro atoms. The standard InChI is InChI=1S/C20H23N5/c1-2-4-20-16(3-1)15-25(22-21-20)19-7-5-17(6-8-19)24-14-13-23-11-9-18(24)10-12-23/h1-8,15,18,22H,9-14H2. The summed E-state index contributed by atoms with van der Waals surface area (Å²) in [6, 6.07) is 17.7. The Morgan fingerprint density at radius 3 is 2.44 bits per heavy atom. The van der Waals surface area contributed by atoms with E-state index in [2.05, 4.69) is 57.0 Å². The molecule has 0 saturated carbocycles. The molecule has 0 aromatic heterocycles. The van der Waals surface area contributed by atoms with Crippen LogP contribution < -0.4 is 26.0 Å². The molecule has 0 radical (unpaired) electrons. The Bertz CT molecular complexity index is 868. The molecule has 2 aromatic carbocycles. The van der Waals surface area contributed by atoms with Gasteiger partial charge in [-0.25, -0.2) is 10.5 Å². The van der Waals surface area contributed by atoms with Crippen molar-refractivity contribution in [1.29, 1.82) is 0 Å². The number of nitrogens with zero attached hydrogens (tertiary/aromatic N) is 4. The first-order chi connectivity index (χ1) is 12.4. The van der Waals surface area contributed by atoms with Crippen LogP contribution in [0.2, 0.25) is 0 Å². The summed E-state index contributed by atoms with van der Waals surface area (Å²) in [5.41, 5.74) is 5.55. The molecule has 3 saturated heterocycles. The normalized spacial score (nSPS) is 24.6. The molecule has 25 heavy (non-hydrogen) atoms. The summed E-state index contributed by atoms with van der Waals surface area (Å²) in [6.45, 7) is 4.84. The molecule has 2 aromatic rings. The van der Waals surface area contributed by atoms with Crippen molar-refractivity contribution < 1.29 is 0 Å². The Morgan fingerprint density at radius 1 is 0.840 bits per heavy atom. The highest BCUT2D eigenvalue weighted by atomic mass is 15.7. The first-order valence-electron chi connectivity index (χ1n) is 9.15. The molecule has 2 bridgehead atoms. The SMILES string of the molecule is C1=c2ccccc2=NNN1c1ccc(N2CCN3CCC2CC3)cc1. The number of fused-ring (bicyclic) bond motifs is 5. The molecule has 0 amide bonds. The fourth-order valence-corrected chi connectivity index (χ4v) is 4.14. The van der Waals surface area contributed by atoms with Crippen molar-refractivity contribution in [3.05, 3.63) is 59.1 Å². The first kappa shape index (κ1) is 14.8. The van der Waals surface area contributed by atoms with Gasteiger partial charge in [0.25, 0.3) is 0 Å². The maximum absolute atomic E-state index is 4.44. The van der Waals surface area contributed by atoms with Gasteiger partial charge in [0.05, 0.1) is 11.0 Å². The number of nitrogens with one attached hydrogen (secondary N) is 1. The number of rotatable bonds is 2. The number of piperidine rings is 1. The van der Waals surface area contributed by atoms with E-state index in [9.17, 15) is 0 Å². The summed E-state index contributed by atoms with van der Waals surface area (Å²) in [7, 11) is 0. The summed E-state index contributed by atoms with van der Waals surface area (Å²) in [4.78, 5) is 5.19. The van der Waals surface area contributed by atoms with Gasteiger partial charge in [-0.1, -0.05) is 18.2 Å². The zero-order chi connectivity index (χ0) is 16.6. The highest BCUT2D eigenvalue weighted by Gasteiger charge is 2.29. The summed E-state index contributed by atoms with van der Waals surface area (Å²) in [5.74, 6) is 0. The van der Waals surface area contributed by atoms with Crippen molar-refractivity contribution in [2.24, 2.45) is 5.10 Å². The Balaban J connectivity index is 1.40. The fraction of sp³-hybridized carbons (Fsp3) is 0.350. The smallest absolute Gasteiger partial charge is 0.0937 e. The lowest BCUT2D eigenvalue weighted by Crippen LogP contribution is -2.42. The van der Waals surface area contributed by atoms with E-state index in [1.807, 2.05) is 23.2 Å². The minimum absolute atomic E-state index is 0.700. The number of hydrogen-bond donors (Lipinski definition) is 1. The highest BCUT2D eigenvalue weighted by molar-refractivity contribution is 5.62. The first-order valence-corrected chi connectivity index (χ1v) is 9.15. The Kier molecular flexibility index (Phi) is 3.59. The van der Waals surface area contributed by atoms with Gasteiger partial charge in [0.15, 0.2) is 0 Å². The van der Waals surface area contributed by atoms with Gasteiger partial charge in [-0.3, -0.25) is 0 Å². The molecule has 128 valence electrons. The number of hydrogen-bond acceptors (Lipinski definition) is 5. The highest BCUT2D eigenvalue weighted by Crippen LogP contribution is 2.28. The predicted molar refractivity (Wildman–Crippen MR) is 101 cm³/mol. The minimum Gasteiger partial charge on any atom is -0.367 e. The van der Waals surface area contributed by atoms with Gasteiger partial charge in [0.1, 0.15) is 0 Å². The average molecular weight is 333 g/mol. The van der Waals surface area contributed by atoms with E-state index in [0.717, 1.165) is 22.8 Å². The maximum atomic E-state index is 4.44. The molecule has 4 aliphatic rings. The quantitative estimate of drug-likeness (QED) is 0.897. The molecular weight excluding hydrogens is 310 g/mol. The molecule has 4 heterocycles. The van der Waals surface area contributed by atoms with Crippen LogP contribution in [0.1, 0.15) is 12.8 Å². The minimum atomic E-state index is 0.700. The maximum Gasteiger partial charge on any atom is 0.0937 e. The van der Waals surface area contributed by atoms with Gasteiger partial charge in [0.2, 0.25) is 0 Å². The van der Waals surface area contributed by atoms with Crippen LogP contribution in [0.5, 0.6) is 0 Å². The van der Waals surface area contributed by atoms with Crippen molar-refractivity contribution in [3.8, 4) is 0 Å². The Labute approximate surface area is 147 Å². The second-order valence-electron chi connectivity index (χ2n) is 7.05. The van der Waals surface area contributed by atoms with Crippen molar-refractivity contribution in [2.45, 2.75) is 18.9 Å². The molecule has 0 aliphatic carbocycles. The molecular formula is C20H23N5. The van der Waals surface area contributed by atoms with E-state index in [4.69, 9.17) is 0 Å². The third kappa shape index (κ3) is 2.74. The largest absolute Gasteiger partial charge is 0.367 e. The molecule has 5 heteroatoms. The lowest BCUT2D eigenvalue weighted by Gasteiger charge is -2.33. The molecule has 3 fully saturated rings. The van der Waals surface area contributed by atoms with E-state index >= 15 is 0 Å². The van der Waals surface area contributed by atoms with E-state index in [0.29, 0.717) is 6.04 Å². The van der Waals surface area contributed by atoms with Gasteiger partial charge in [-0.05, 0) is 43.2 Å². The monoisotopic (exact) mass is 333 g/mol. The van der Waals surface area contributed by atoms with Gasteiger partial charge in [-0.15, -0.1) is 0 Å². The molecule has 6 rings (SSSR count). The molecule has 4 aliphatic heterocycles. The summed E-state index contributed by atoms with van der Waals surface area (Å²) < 4.78 is 0. The lowest BCUT2D eigenvalue weighted by atomic mass is 10.0. The van der Waals surface area contributed by atoms with Crippen molar-refractivity contribution in [3.63, 3.8) is 0 Å². The third-order valence-corrected chi connectivity index (χ3v) is 5.60. The van der Waals surface area contributed by atoms with E-state index < -0.39 is 0 Å². The second-order valence-corrected chi connectivity index (χ2v) is 7.05. The van der Waals surface area contributed by atoms with E-state index in [1.54, 1.807) is 0 Å². The Hall–Kier alpha value is -2.53. The van der Waals surface area contributed by atoms with Crippen LogP contribution >= 0.6 is 0 Å². The average Bonchev–Trinajstić information content (AvgIpc) is 3.02. The van der Waals surface area contributed by atoms with Crippen LogP contribution in [0.3, 0.4) is 0 Å². The molecule has 0 unspecified atom stereocenters. The molecule has 5 nitrogen and oxygen atoms in total. The molecule has 0 atom stereocenters. The van der Waals surface area contributed by atoms with Crippen LogP contribution in [0.25, 0.3) is 6.20 Å². The third-order valence-electron chi connectivity index (χ3n) is 5.60. The summed E-state index contributed by atoms with van der Waals surface area (Å²) >= 11 is 0. The fourth-order valence-electron chi connectivity index (χ4n) is 4.14. The number of para-hydroxylation sites is 1. The zero-order valence-corrected chi connectivity index (χ0v) is 14.3. The number of benzene rings is 2. The van der Waals surface area contributed by atoms with Crippen molar-refractivity contribution >= 4 is 17.6 Å². The summed E-state index contributed by atoms with van der Waals surface area (Å²) in [5, 5.41) is 8.52. The second kappa shape index (κ2) is 6.08. The van der Waals surface area contributed by atoms with Crippen molar-refractivity contribution in [1.82, 2.24) is 10.4 Å². The van der Waals surface area contributed by atoms with Crippen LogP contribution in [-0.2, 0) is 0 Å². The Morgan fingerprint density at radius 2 is 1.60 bits per heavy atom. The number of hydrazine groups is 1. The topological polar surface area (TPSA) is 34.1 Å². The van der Waals surface area contributed by atoms with E-state index in [-0.39, 0.29) is 0 Å². The van der Waals surface area contributed by atoms with Gasteiger partial charge < -0.3 is 9.80 Å². The van der Waals surface area contributed by atoms with Crippen LogP contribution in [-0.4, -0.2) is 37.1 Å². The lowest BCUT2D eigenvalue weighted by molar-refractivity contribution is 0.250. The van der Waals surface area contributed by atoms with Crippen LogP contribution in [0, 0.1) is 0 Å². The van der Waals surface area contributed by atoms with E-state index in [1.165, 1.54) is 38.2 Å². The number of anilines is 2. The van der Waals surface area contributed by atoms with Crippen LogP contribution in [0.15, 0.2) is 53.6 Å².